The molecule has 17 heavy (non-hydrogen) atoms. The van der Waals surface area contributed by atoms with Crippen molar-refractivity contribution in [2.24, 2.45) is 0 Å². The normalized spacial score (nSPS) is 11.1. The minimum Gasteiger partial charge on any atom is -0.444 e. The maximum Gasteiger partial charge on any atom is 0.407 e. The van der Waals surface area contributed by atoms with Crippen molar-refractivity contribution in [1.29, 1.82) is 0 Å². The number of benzene rings is 1. The van der Waals surface area contributed by atoms with E-state index in [4.69, 9.17) is 16.3 Å². The molecule has 1 aromatic rings. The van der Waals surface area contributed by atoms with Crippen LogP contribution in [0, 0.1) is 3.57 Å². The fraction of sp³-hybridized carbons (Fsp3) is 0.417. The van der Waals surface area contributed by atoms with Gasteiger partial charge in [-0.15, -0.1) is 0 Å². The number of halogens is 2. The molecule has 0 bridgehead atoms. The van der Waals surface area contributed by atoms with Crippen LogP contribution >= 0.6 is 34.2 Å². The van der Waals surface area contributed by atoms with Crippen LogP contribution in [0.3, 0.4) is 0 Å². The van der Waals surface area contributed by atoms with E-state index in [-0.39, 0.29) is 0 Å². The van der Waals surface area contributed by atoms with Gasteiger partial charge < -0.3 is 10.1 Å². The monoisotopic (exact) mass is 367 g/mol. The summed E-state index contributed by atoms with van der Waals surface area (Å²) in [6, 6.07) is 5.64. The lowest BCUT2D eigenvalue weighted by Crippen LogP contribution is -2.32. The zero-order chi connectivity index (χ0) is 13.1. The van der Waals surface area contributed by atoms with E-state index in [1.165, 1.54) is 0 Å². The Labute approximate surface area is 120 Å². The quantitative estimate of drug-likeness (QED) is 0.803. The summed E-state index contributed by atoms with van der Waals surface area (Å²) < 4.78 is 6.17. The Morgan fingerprint density at radius 3 is 2.59 bits per heavy atom. The van der Waals surface area contributed by atoms with Gasteiger partial charge in [0.05, 0.1) is 0 Å². The van der Waals surface area contributed by atoms with E-state index in [1.54, 1.807) is 0 Å². The van der Waals surface area contributed by atoms with Gasteiger partial charge in [0.2, 0.25) is 0 Å². The molecule has 0 fully saturated rings. The fourth-order valence-corrected chi connectivity index (χ4v) is 2.38. The van der Waals surface area contributed by atoms with Crippen LogP contribution in [0.2, 0.25) is 5.02 Å². The smallest absolute Gasteiger partial charge is 0.407 e. The maximum atomic E-state index is 11.4. The first-order chi connectivity index (χ1) is 7.76. The Hall–Kier alpha value is -0.490. The first-order valence-electron chi connectivity index (χ1n) is 5.18. The van der Waals surface area contributed by atoms with Crippen molar-refractivity contribution in [3.63, 3.8) is 0 Å². The van der Waals surface area contributed by atoms with Gasteiger partial charge in [0.15, 0.2) is 0 Å². The summed E-state index contributed by atoms with van der Waals surface area (Å²) in [6.45, 7) is 5.89. The molecule has 0 aromatic heterocycles. The van der Waals surface area contributed by atoms with Crippen LogP contribution in [-0.4, -0.2) is 11.7 Å². The largest absolute Gasteiger partial charge is 0.444 e. The molecule has 0 aliphatic rings. The van der Waals surface area contributed by atoms with Crippen molar-refractivity contribution in [3.8, 4) is 0 Å². The van der Waals surface area contributed by atoms with E-state index in [1.807, 2.05) is 39.0 Å². The van der Waals surface area contributed by atoms with Crippen molar-refractivity contribution in [3.05, 3.63) is 32.4 Å². The minimum absolute atomic E-state index is 0.408. The molecule has 0 saturated carbocycles. The Kier molecular flexibility index (Phi) is 5.06. The predicted octanol–water partition coefficient (Wildman–Crippen LogP) is 3.97. The second-order valence-electron chi connectivity index (χ2n) is 4.63. The van der Waals surface area contributed by atoms with Gasteiger partial charge in [-0.3, -0.25) is 0 Å². The molecule has 0 aliphatic carbocycles. The molecular weight excluding hydrogens is 352 g/mol. The van der Waals surface area contributed by atoms with Crippen molar-refractivity contribution in [2.75, 3.05) is 0 Å². The summed E-state index contributed by atoms with van der Waals surface area (Å²) >= 11 is 8.10. The van der Waals surface area contributed by atoms with Crippen molar-refractivity contribution in [2.45, 2.75) is 32.9 Å². The van der Waals surface area contributed by atoms with Gasteiger partial charge in [-0.05, 0) is 67.1 Å². The molecule has 0 heterocycles. The van der Waals surface area contributed by atoms with Crippen molar-refractivity contribution in [1.82, 2.24) is 5.32 Å². The number of alkyl carbamates (subject to hydrolysis) is 1. The first kappa shape index (κ1) is 14.6. The Balaban J connectivity index is 2.53. The predicted molar refractivity (Wildman–Crippen MR) is 77.2 cm³/mol. The topological polar surface area (TPSA) is 38.3 Å². The van der Waals surface area contributed by atoms with E-state index >= 15 is 0 Å². The maximum absolute atomic E-state index is 11.4. The Morgan fingerprint density at radius 1 is 1.41 bits per heavy atom. The zero-order valence-corrected chi connectivity index (χ0v) is 12.9. The number of rotatable bonds is 2. The van der Waals surface area contributed by atoms with E-state index in [0.29, 0.717) is 11.6 Å². The highest BCUT2D eigenvalue weighted by molar-refractivity contribution is 14.1. The van der Waals surface area contributed by atoms with Crippen LogP contribution in [0.25, 0.3) is 0 Å². The van der Waals surface area contributed by atoms with Crippen LogP contribution < -0.4 is 5.32 Å². The molecule has 0 radical (unpaired) electrons. The highest BCUT2D eigenvalue weighted by atomic mass is 127. The van der Waals surface area contributed by atoms with Crippen LogP contribution in [0.4, 0.5) is 4.79 Å². The van der Waals surface area contributed by atoms with Gasteiger partial charge >= 0.3 is 6.09 Å². The van der Waals surface area contributed by atoms with E-state index in [0.717, 1.165) is 9.13 Å². The molecule has 3 nitrogen and oxygen atoms in total. The summed E-state index contributed by atoms with van der Waals surface area (Å²) in [4.78, 5) is 11.4. The first-order valence-corrected chi connectivity index (χ1v) is 6.64. The number of amides is 1. The Bertz CT molecular complexity index is 395. The molecule has 0 aliphatic heterocycles. The molecule has 1 aromatic carbocycles. The number of nitrogens with one attached hydrogen (secondary N) is 1. The fourth-order valence-electron chi connectivity index (χ4n) is 1.20. The van der Waals surface area contributed by atoms with Gasteiger partial charge in [0, 0.05) is 15.1 Å². The number of hydrogen-bond donors (Lipinski definition) is 1. The van der Waals surface area contributed by atoms with Gasteiger partial charge in [0.1, 0.15) is 5.60 Å². The van der Waals surface area contributed by atoms with Crippen LogP contribution in [0.1, 0.15) is 26.3 Å². The minimum atomic E-state index is -0.479. The second kappa shape index (κ2) is 5.91. The van der Waals surface area contributed by atoms with E-state index in [2.05, 4.69) is 27.9 Å². The third-order valence-electron chi connectivity index (χ3n) is 1.76. The van der Waals surface area contributed by atoms with Crippen molar-refractivity contribution < 1.29 is 9.53 Å². The van der Waals surface area contributed by atoms with E-state index < -0.39 is 11.7 Å². The standard InChI is InChI=1S/C12H15ClINO2/c1-12(2,3)17-11(16)15-7-8-4-9(13)6-10(14)5-8/h4-6H,7H2,1-3H3,(H,15,16). The molecular formula is C12H15ClINO2. The van der Waals surface area contributed by atoms with Crippen LogP contribution in [0.15, 0.2) is 18.2 Å². The number of hydrogen-bond acceptors (Lipinski definition) is 2. The molecule has 0 saturated heterocycles. The lowest BCUT2D eigenvalue weighted by Gasteiger charge is -2.19. The molecule has 0 atom stereocenters. The average Bonchev–Trinajstić information content (AvgIpc) is 2.10. The number of carbonyl (C=O) groups excluding carboxylic acids is 1. The lowest BCUT2D eigenvalue weighted by molar-refractivity contribution is 0.0523. The van der Waals surface area contributed by atoms with Gasteiger partial charge in [0.25, 0.3) is 0 Å². The third kappa shape index (κ3) is 6.12. The van der Waals surface area contributed by atoms with Crippen molar-refractivity contribution >= 4 is 40.3 Å². The van der Waals surface area contributed by atoms with Gasteiger partial charge in [-0.2, -0.15) is 0 Å². The zero-order valence-electron chi connectivity index (χ0n) is 10.0. The summed E-state index contributed by atoms with van der Waals surface area (Å²) in [5, 5.41) is 3.35. The second-order valence-corrected chi connectivity index (χ2v) is 6.32. The highest BCUT2D eigenvalue weighted by Gasteiger charge is 2.15. The average molecular weight is 368 g/mol. The van der Waals surface area contributed by atoms with Gasteiger partial charge in [-0.25, -0.2) is 4.79 Å². The summed E-state index contributed by atoms with van der Waals surface area (Å²) in [7, 11) is 0. The molecule has 1 N–H and O–H groups in total. The third-order valence-corrected chi connectivity index (χ3v) is 2.60. The molecule has 1 amide bonds. The summed E-state index contributed by atoms with van der Waals surface area (Å²) in [5.74, 6) is 0. The van der Waals surface area contributed by atoms with Crippen LogP contribution in [0.5, 0.6) is 0 Å². The Morgan fingerprint density at radius 2 is 2.06 bits per heavy atom. The molecule has 0 unspecified atom stereocenters. The number of ether oxygens (including phenoxy) is 1. The molecule has 94 valence electrons. The molecule has 1 rings (SSSR count). The summed E-state index contributed by atoms with van der Waals surface area (Å²) in [5.41, 5.74) is 0.472. The van der Waals surface area contributed by atoms with Gasteiger partial charge in [-0.1, -0.05) is 11.6 Å². The van der Waals surface area contributed by atoms with Crippen LogP contribution in [-0.2, 0) is 11.3 Å². The molecule has 5 heteroatoms. The number of carbonyl (C=O) groups is 1. The molecule has 0 spiro atoms. The summed E-state index contributed by atoms with van der Waals surface area (Å²) in [6.07, 6.45) is -0.424. The van der Waals surface area contributed by atoms with E-state index in [9.17, 15) is 4.79 Å². The highest BCUT2D eigenvalue weighted by Crippen LogP contribution is 2.16. The SMILES string of the molecule is CC(C)(C)OC(=O)NCc1cc(Cl)cc(I)c1. The lowest BCUT2D eigenvalue weighted by atomic mass is 10.2.